The average Bonchev–Trinajstić information content (AvgIpc) is 2.81. The summed E-state index contributed by atoms with van der Waals surface area (Å²) in [6, 6.07) is 6.28. The third-order valence-corrected chi connectivity index (χ3v) is 5.80. The lowest BCUT2D eigenvalue weighted by Crippen LogP contribution is -2.46. The van der Waals surface area contributed by atoms with Crippen molar-refractivity contribution < 1.29 is 13.2 Å². The molecule has 0 aromatic heterocycles. The Morgan fingerprint density at radius 3 is 2.43 bits per heavy atom. The Morgan fingerprint density at radius 1 is 1.26 bits per heavy atom. The Hall–Kier alpha value is -1.31. The van der Waals surface area contributed by atoms with Crippen molar-refractivity contribution in [2.45, 2.75) is 12.5 Å². The third-order valence-electron chi connectivity index (χ3n) is 3.79. The second kappa shape index (κ2) is 7.51. The predicted octanol–water partition coefficient (Wildman–Crippen LogP) is 1.92. The molecule has 128 valence electrons. The number of rotatable bonds is 5. The average molecular weight is 360 g/mol. The number of amides is 2. The molecule has 2 amide bonds. The summed E-state index contributed by atoms with van der Waals surface area (Å²) in [6.07, 6.45) is 0.490. The van der Waals surface area contributed by atoms with E-state index in [1.54, 1.807) is 29.2 Å². The zero-order chi connectivity index (χ0) is 17.0. The fourth-order valence-electron chi connectivity index (χ4n) is 2.51. The Kier molecular flexibility index (Phi) is 5.89. The van der Waals surface area contributed by atoms with E-state index in [1.807, 2.05) is 19.0 Å². The summed E-state index contributed by atoms with van der Waals surface area (Å²) in [6.45, 7) is 1.15. The quantitative estimate of drug-likeness (QED) is 0.872. The van der Waals surface area contributed by atoms with Gasteiger partial charge in [0.1, 0.15) is 0 Å². The van der Waals surface area contributed by atoms with E-state index in [4.69, 9.17) is 11.6 Å². The molecular weight excluding hydrogens is 338 g/mol. The third kappa shape index (κ3) is 5.37. The van der Waals surface area contributed by atoms with Crippen LogP contribution in [0.5, 0.6) is 0 Å². The van der Waals surface area contributed by atoms with Crippen molar-refractivity contribution in [2.75, 3.05) is 44.0 Å². The van der Waals surface area contributed by atoms with Gasteiger partial charge < -0.3 is 15.1 Å². The van der Waals surface area contributed by atoms with Crippen LogP contribution in [-0.2, 0) is 9.84 Å². The highest BCUT2D eigenvalue weighted by atomic mass is 35.5. The first kappa shape index (κ1) is 18.0. The van der Waals surface area contributed by atoms with E-state index in [2.05, 4.69) is 5.32 Å². The zero-order valence-electron chi connectivity index (χ0n) is 13.3. The molecule has 1 unspecified atom stereocenters. The van der Waals surface area contributed by atoms with Gasteiger partial charge in [0.25, 0.3) is 0 Å². The van der Waals surface area contributed by atoms with Gasteiger partial charge in [0, 0.05) is 29.8 Å². The second-order valence-electron chi connectivity index (χ2n) is 5.99. The molecule has 1 fully saturated rings. The largest absolute Gasteiger partial charge is 0.322 e. The van der Waals surface area contributed by atoms with E-state index in [9.17, 15) is 13.2 Å². The molecule has 6 nitrogen and oxygen atoms in total. The molecule has 0 saturated carbocycles. The maximum atomic E-state index is 12.6. The van der Waals surface area contributed by atoms with E-state index in [0.29, 0.717) is 30.2 Å². The van der Waals surface area contributed by atoms with Gasteiger partial charge in [0.05, 0.1) is 11.5 Å². The van der Waals surface area contributed by atoms with Crippen LogP contribution >= 0.6 is 11.6 Å². The highest BCUT2D eigenvalue weighted by molar-refractivity contribution is 7.91. The fourth-order valence-corrected chi connectivity index (χ4v) is 4.36. The monoisotopic (exact) mass is 359 g/mol. The topological polar surface area (TPSA) is 69.7 Å². The summed E-state index contributed by atoms with van der Waals surface area (Å²) in [5, 5.41) is 3.40. The van der Waals surface area contributed by atoms with Crippen LogP contribution in [0.1, 0.15) is 6.42 Å². The van der Waals surface area contributed by atoms with Crippen LogP contribution in [0.25, 0.3) is 0 Å². The molecule has 1 N–H and O–H groups in total. The number of hydrogen-bond donors (Lipinski definition) is 1. The van der Waals surface area contributed by atoms with Crippen LogP contribution < -0.4 is 5.32 Å². The van der Waals surface area contributed by atoms with Crippen LogP contribution in [0.15, 0.2) is 24.3 Å². The van der Waals surface area contributed by atoms with E-state index >= 15 is 0 Å². The number of benzene rings is 1. The summed E-state index contributed by atoms with van der Waals surface area (Å²) in [7, 11) is 0.791. The Labute approximate surface area is 142 Å². The second-order valence-corrected chi connectivity index (χ2v) is 8.66. The highest BCUT2D eigenvalue weighted by Gasteiger charge is 2.34. The molecular formula is C15H22ClN3O3S. The van der Waals surface area contributed by atoms with Crippen LogP contribution in [0.3, 0.4) is 0 Å². The maximum Gasteiger partial charge on any atom is 0.322 e. The van der Waals surface area contributed by atoms with Crippen molar-refractivity contribution in [1.29, 1.82) is 0 Å². The number of carbonyl (C=O) groups excluding carboxylic acids is 1. The molecule has 1 aromatic rings. The molecule has 8 heteroatoms. The van der Waals surface area contributed by atoms with Gasteiger partial charge in [-0.2, -0.15) is 0 Å². The molecule has 1 aliphatic rings. The van der Waals surface area contributed by atoms with Crippen molar-refractivity contribution in [3.8, 4) is 0 Å². The number of likely N-dealkylation sites (N-methyl/N-ethyl adjacent to an activating group) is 1. The molecule has 2 rings (SSSR count). The minimum absolute atomic E-state index is 0.0362. The lowest BCUT2D eigenvalue weighted by atomic mass is 10.2. The van der Waals surface area contributed by atoms with E-state index in [0.717, 1.165) is 0 Å². The summed E-state index contributed by atoms with van der Waals surface area (Å²) >= 11 is 5.83. The maximum absolute atomic E-state index is 12.6. The molecule has 0 radical (unpaired) electrons. The normalized spacial score (nSPS) is 19.7. The van der Waals surface area contributed by atoms with Gasteiger partial charge in [-0.25, -0.2) is 13.2 Å². The number of halogens is 1. The number of hydrogen-bond acceptors (Lipinski definition) is 4. The zero-order valence-corrected chi connectivity index (χ0v) is 14.9. The number of urea groups is 1. The van der Waals surface area contributed by atoms with Crippen LogP contribution in [0.4, 0.5) is 10.5 Å². The molecule has 0 bridgehead atoms. The highest BCUT2D eigenvalue weighted by Crippen LogP contribution is 2.20. The van der Waals surface area contributed by atoms with Crippen LogP contribution in [0.2, 0.25) is 5.02 Å². The number of anilines is 1. The summed E-state index contributed by atoms with van der Waals surface area (Å²) in [5.41, 5.74) is 0.634. The Bertz CT molecular complexity index is 646. The first-order valence-corrected chi connectivity index (χ1v) is 9.65. The van der Waals surface area contributed by atoms with E-state index in [-0.39, 0.29) is 23.6 Å². The van der Waals surface area contributed by atoms with Gasteiger partial charge in [-0.1, -0.05) is 11.6 Å². The molecule has 0 aliphatic carbocycles. The van der Waals surface area contributed by atoms with Gasteiger partial charge in [0.2, 0.25) is 0 Å². The lowest BCUT2D eigenvalue weighted by Gasteiger charge is -2.29. The minimum atomic E-state index is -3.04. The number of sulfone groups is 1. The summed E-state index contributed by atoms with van der Waals surface area (Å²) in [5.74, 6) is 0.179. The van der Waals surface area contributed by atoms with Crippen molar-refractivity contribution in [1.82, 2.24) is 9.80 Å². The SMILES string of the molecule is CN(C)CCN(C(=O)Nc1ccc(Cl)cc1)C1CCS(=O)(=O)C1. The first-order valence-electron chi connectivity index (χ1n) is 7.45. The summed E-state index contributed by atoms with van der Waals surface area (Å²) in [4.78, 5) is 16.2. The van der Waals surface area contributed by atoms with E-state index in [1.165, 1.54) is 0 Å². The number of nitrogens with one attached hydrogen (secondary N) is 1. The minimum Gasteiger partial charge on any atom is -0.319 e. The standard InChI is InChI=1S/C15H22ClN3O3S/c1-18(2)8-9-19(14-7-10-23(21,22)11-14)15(20)17-13-5-3-12(16)4-6-13/h3-6,14H,7-11H2,1-2H3,(H,17,20). The van der Waals surface area contributed by atoms with Gasteiger partial charge in [-0.3, -0.25) is 0 Å². The lowest BCUT2D eigenvalue weighted by molar-refractivity contribution is 0.186. The Balaban J connectivity index is 2.09. The van der Waals surface area contributed by atoms with Gasteiger partial charge in [0.15, 0.2) is 9.84 Å². The summed E-state index contributed by atoms with van der Waals surface area (Å²) < 4.78 is 23.4. The smallest absolute Gasteiger partial charge is 0.319 e. The van der Waals surface area contributed by atoms with Gasteiger partial charge in [-0.05, 0) is 44.8 Å². The van der Waals surface area contributed by atoms with Gasteiger partial charge >= 0.3 is 6.03 Å². The first-order chi connectivity index (χ1) is 10.8. The molecule has 0 spiro atoms. The number of carbonyl (C=O) groups is 1. The predicted molar refractivity (Wildman–Crippen MR) is 92.8 cm³/mol. The van der Waals surface area contributed by atoms with E-state index < -0.39 is 9.84 Å². The fraction of sp³-hybridized carbons (Fsp3) is 0.533. The molecule has 1 heterocycles. The van der Waals surface area contributed by atoms with Crippen molar-refractivity contribution in [2.24, 2.45) is 0 Å². The molecule has 1 atom stereocenters. The molecule has 1 aliphatic heterocycles. The van der Waals surface area contributed by atoms with Gasteiger partial charge in [-0.15, -0.1) is 0 Å². The molecule has 1 aromatic carbocycles. The van der Waals surface area contributed by atoms with Crippen molar-refractivity contribution in [3.05, 3.63) is 29.3 Å². The van der Waals surface area contributed by atoms with Crippen molar-refractivity contribution in [3.63, 3.8) is 0 Å². The van der Waals surface area contributed by atoms with Crippen LogP contribution in [0, 0.1) is 0 Å². The molecule has 1 saturated heterocycles. The van der Waals surface area contributed by atoms with Crippen molar-refractivity contribution >= 4 is 33.2 Å². The molecule has 23 heavy (non-hydrogen) atoms. The number of nitrogens with zero attached hydrogens (tertiary/aromatic N) is 2. The Morgan fingerprint density at radius 2 is 1.91 bits per heavy atom. The van der Waals surface area contributed by atoms with Crippen LogP contribution in [-0.4, -0.2) is 69.0 Å².